The van der Waals surface area contributed by atoms with Gasteiger partial charge in [-0.1, -0.05) is 26.2 Å². The topological polar surface area (TPSA) is 55.1 Å². The highest BCUT2D eigenvalue weighted by Gasteiger charge is 2.13. The van der Waals surface area contributed by atoms with Gasteiger partial charge in [-0.25, -0.2) is 0 Å². The molecule has 0 rings (SSSR count). The van der Waals surface area contributed by atoms with Crippen molar-refractivity contribution in [3.63, 3.8) is 0 Å². The molecule has 2 atom stereocenters. The van der Waals surface area contributed by atoms with Crippen molar-refractivity contribution in [2.75, 3.05) is 0 Å². The molecule has 0 bridgehead atoms. The minimum absolute atomic E-state index is 0.154. The molecule has 0 aliphatic carbocycles. The van der Waals surface area contributed by atoms with Crippen LogP contribution in [-0.4, -0.2) is 18.0 Å². The van der Waals surface area contributed by atoms with E-state index in [-0.39, 0.29) is 11.9 Å². The van der Waals surface area contributed by atoms with Crippen molar-refractivity contribution in [1.29, 1.82) is 0 Å². The zero-order valence-electron chi connectivity index (χ0n) is 8.34. The molecule has 3 heteroatoms. The van der Waals surface area contributed by atoms with Crippen molar-refractivity contribution in [3.05, 3.63) is 0 Å². The number of nitrogens with two attached hydrogens (primary N) is 1. The first-order chi connectivity index (χ1) is 6.15. The quantitative estimate of drug-likeness (QED) is 0.613. The molecule has 0 aliphatic heterocycles. The number of carbonyl (C=O) groups is 1. The molecule has 0 spiro atoms. The van der Waals surface area contributed by atoms with Gasteiger partial charge in [0.2, 0.25) is 5.91 Å². The van der Waals surface area contributed by atoms with Gasteiger partial charge < -0.3 is 11.1 Å². The van der Waals surface area contributed by atoms with E-state index < -0.39 is 6.04 Å². The fourth-order valence-electron chi connectivity index (χ4n) is 0.950. The van der Waals surface area contributed by atoms with Gasteiger partial charge in [0, 0.05) is 0 Å². The monoisotopic (exact) mass is 182 g/mol. The summed E-state index contributed by atoms with van der Waals surface area (Å²) in [5, 5.41) is 2.72. The average Bonchev–Trinajstić information content (AvgIpc) is 2.15. The smallest absolute Gasteiger partial charge is 0.237 e. The predicted octanol–water partition coefficient (Wildman–Crippen LogP) is 0.642. The maximum atomic E-state index is 11.3. The summed E-state index contributed by atoms with van der Waals surface area (Å²) in [4.78, 5) is 11.3. The molecule has 13 heavy (non-hydrogen) atoms. The molecular formula is C10H18N2O. The normalized spacial score (nSPS) is 14.3. The molecule has 0 radical (unpaired) electrons. The number of amides is 1. The van der Waals surface area contributed by atoms with Crippen molar-refractivity contribution in [1.82, 2.24) is 5.32 Å². The van der Waals surface area contributed by atoms with Crippen LogP contribution in [0.15, 0.2) is 0 Å². The van der Waals surface area contributed by atoms with Gasteiger partial charge >= 0.3 is 0 Å². The molecule has 0 aromatic rings. The van der Waals surface area contributed by atoms with Crippen LogP contribution >= 0.6 is 0 Å². The summed E-state index contributed by atoms with van der Waals surface area (Å²) in [6.07, 6.45) is 7.64. The zero-order chi connectivity index (χ0) is 10.3. The van der Waals surface area contributed by atoms with Gasteiger partial charge in [0.1, 0.15) is 0 Å². The summed E-state index contributed by atoms with van der Waals surface area (Å²) in [6.45, 7) is 3.89. The first-order valence-electron chi connectivity index (χ1n) is 4.67. The Kier molecular flexibility index (Phi) is 5.99. The molecule has 0 heterocycles. The largest absolute Gasteiger partial charge is 0.341 e. The lowest BCUT2D eigenvalue weighted by molar-refractivity contribution is -0.122. The van der Waals surface area contributed by atoms with Crippen molar-refractivity contribution in [2.24, 2.45) is 5.73 Å². The average molecular weight is 182 g/mol. The molecule has 74 valence electrons. The molecule has 0 saturated heterocycles. The Morgan fingerprint density at radius 2 is 2.23 bits per heavy atom. The number of carbonyl (C=O) groups excluding carboxylic acids is 1. The molecule has 0 saturated carbocycles. The lowest BCUT2D eigenvalue weighted by Gasteiger charge is -2.14. The molecule has 2 unspecified atom stereocenters. The van der Waals surface area contributed by atoms with Crippen molar-refractivity contribution in [2.45, 2.75) is 45.2 Å². The van der Waals surface area contributed by atoms with E-state index in [1.807, 2.05) is 13.8 Å². The van der Waals surface area contributed by atoms with Crippen LogP contribution in [-0.2, 0) is 4.79 Å². The predicted molar refractivity (Wildman–Crippen MR) is 53.9 cm³/mol. The molecule has 1 amide bonds. The third-order valence-electron chi connectivity index (χ3n) is 1.87. The summed E-state index contributed by atoms with van der Waals surface area (Å²) in [6, 6.07) is -0.609. The van der Waals surface area contributed by atoms with Gasteiger partial charge in [0.15, 0.2) is 0 Å². The van der Waals surface area contributed by atoms with Crippen LogP contribution in [0.3, 0.4) is 0 Å². The maximum absolute atomic E-state index is 11.3. The van der Waals surface area contributed by atoms with E-state index in [1.54, 1.807) is 0 Å². The van der Waals surface area contributed by atoms with E-state index in [2.05, 4.69) is 11.2 Å². The number of hydrogen-bond acceptors (Lipinski definition) is 2. The van der Waals surface area contributed by atoms with Gasteiger partial charge in [-0.15, -0.1) is 6.42 Å². The van der Waals surface area contributed by atoms with E-state index in [0.717, 1.165) is 12.8 Å². The first kappa shape index (κ1) is 12.0. The molecule has 3 N–H and O–H groups in total. The second-order valence-corrected chi connectivity index (χ2v) is 3.03. The second kappa shape index (κ2) is 6.50. The Bertz CT molecular complexity index is 196. The van der Waals surface area contributed by atoms with Crippen LogP contribution in [0.1, 0.15) is 33.1 Å². The highest BCUT2D eigenvalue weighted by Crippen LogP contribution is 1.96. The Labute approximate surface area is 80.1 Å². The number of terminal acetylenes is 1. The van der Waals surface area contributed by atoms with Crippen molar-refractivity contribution in [3.8, 4) is 12.3 Å². The van der Waals surface area contributed by atoms with E-state index in [9.17, 15) is 4.79 Å². The minimum Gasteiger partial charge on any atom is -0.341 e. The lowest BCUT2D eigenvalue weighted by atomic mass is 10.1. The Hall–Kier alpha value is -1.01. The third-order valence-corrected chi connectivity index (χ3v) is 1.87. The summed E-state index contributed by atoms with van der Waals surface area (Å²) < 4.78 is 0. The van der Waals surface area contributed by atoms with Gasteiger partial charge in [-0.3, -0.25) is 4.79 Å². The van der Waals surface area contributed by atoms with Crippen molar-refractivity contribution < 1.29 is 4.79 Å². The van der Waals surface area contributed by atoms with Crippen molar-refractivity contribution >= 4 is 5.91 Å². The Balaban J connectivity index is 3.95. The Morgan fingerprint density at radius 1 is 1.62 bits per heavy atom. The molecule has 0 aromatic carbocycles. The van der Waals surface area contributed by atoms with E-state index in [0.29, 0.717) is 6.42 Å². The lowest BCUT2D eigenvalue weighted by Crippen LogP contribution is -2.44. The zero-order valence-corrected chi connectivity index (χ0v) is 8.34. The van der Waals surface area contributed by atoms with Crippen LogP contribution in [0, 0.1) is 12.3 Å². The SMILES string of the molecule is C#CC(CCC)NC(=O)C(N)CC. The molecular weight excluding hydrogens is 164 g/mol. The highest BCUT2D eigenvalue weighted by molar-refractivity contribution is 5.81. The van der Waals surface area contributed by atoms with Crippen LogP contribution < -0.4 is 11.1 Å². The molecule has 0 aromatic heterocycles. The number of rotatable bonds is 5. The van der Waals surface area contributed by atoms with Crippen LogP contribution in [0.2, 0.25) is 0 Å². The summed E-state index contributed by atoms with van der Waals surface area (Å²) in [5.41, 5.74) is 5.54. The molecule has 0 aliphatic rings. The maximum Gasteiger partial charge on any atom is 0.237 e. The van der Waals surface area contributed by atoms with E-state index in [1.165, 1.54) is 0 Å². The van der Waals surface area contributed by atoms with E-state index >= 15 is 0 Å². The standard InChI is InChI=1S/C10H18N2O/c1-4-7-8(5-2)12-10(13)9(11)6-3/h2,8-9H,4,6-7,11H2,1,3H3,(H,12,13). The number of nitrogens with one attached hydrogen (secondary N) is 1. The second-order valence-electron chi connectivity index (χ2n) is 3.03. The highest BCUT2D eigenvalue weighted by atomic mass is 16.2. The summed E-state index contributed by atoms with van der Waals surface area (Å²) >= 11 is 0. The van der Waals surface area contributed by atoms with Gasteiger partial charge in [-0.2, -0.15) is 0 Å². The third kappa shape index (κ3) is 4.54. The van der Waals surface area contributed by atoms with Gasteiger partial charge in [-0.05, 0) is 12.8 Å². The van der Waals surface area contributed by atoms with Crippen LogP contribution in [0.25, 0.3) is 0 Å². The Morgan fingerprint density at radius 3 is 2.62 bits per heavy atom. The number of hydrogen-bond donors (Lipinski definition) is 2. The molecule has 0 fully saturated rings. The van der Waals surface area contributed by atoms with Gasteiger partial charge in [0.05, 0.1) is 12.1 Å². The minimum atomic E-state index is -0.437. The van der Waals surface area contributed by atoms with Gasteiger partial charge in [0.25, 0.3) is 0 Å². The fraction of sp³-hybridized carbons (Fsp3) is 0.700. The summed E-state index contributed by atoms with van der Waals surface area (Å²) in [7, 11) is 0. The van der Waals surface area contributed by atoms with Crippen LogP contribution in [0.5, 0.6) is 0 Å². The summed E-state index contributed by atoms with van der Waals surface area (Å²) in [5.74, 6) is 2.37. The first-order valence-corrected chi connectivity index (χ1v) is 4.67. The fourth-order valence-corrected chi connectivity index (χ4v) is 0.950. The van der Waals surface area contributed by atoms with E-state index in [4.69, 9.17) is 12.2 Å². The van der Waals surface area contributed by atoms with Crippen LogP contribution in [0.4, 0.5) is 0 Å². The molecule has 3 nitrogen and oxygen atoms in total.